The first kappa shape index (κ1) is 21.3. The van der Waals surface area contributed by atoms with Gasteiger partial charge in [-0.2, -0.15) is 0 Å². The molecule has 4 aromatic rings. The highest BCUT2D eigenvalue weighted by Gasteiger charge is 2.24. The van der Waals surface area contributed by atoms with Crippen LogP contribution in [0.2, 0.25) is 0 Å². The zero-order chi connectivity index (χ0) is 22.5. The van der Waals surface area contributed by atoms with E-state index in [4.69, 9.17) is 0 Å². The number of carbonyl (C=O) groups is 1. The number of carbonyl (C=O) groups excluding carboxylic acids is 1. The Morgan fingerprint density at radius 3 is 2.53 bits per heavy atom. The SMILES string of the molecule is CN1Cc2cc(-c3ccc(-c4cncc(NS(=O)(=O)c5ccc(Br)s5)c4)s3)ccc2C1=O. The molecule has 6 nitrogen and oxygen atoms in total. The molecule has 0 aliphatic carbocycles. The molecule has 0 spiro atoms. The molecule has 1 aromatic carbocycles. The maximum Gasteiger partial charge on any atom is 0.271 e. The standard InChI is InChI=1S/C22H16BrN3O3S3/c1-26-12-15-8-13(2-3-17(15)22(26)27)18-4-5-19(30-18)14-9-16(11-24-10-14)25-32(28,29)21-7-6-20(23)31-21/h2-11,25H,12H2,1H3. The van der Waals surface area contributed by atoms with E-state index in [1.807, 2.05) is 24.3 Å². The molecule has 1 aliphatic rings. The van der Waals surface area contributed by atoms with Crippen LogP contribution in [-0.2, 0) is 16.6 Å². The molecule has 0 unspecified atom stereocenters. The van der Waals surface area contributed by atoms with E-state index in [0.29, 0.717) is 12.2 Å². The number of hydrogen-bond donors (Lipinski definition) is 1. The first-order chi connectivity index (χ1) is 15.3. The molecular weight excluding hydrogens is 530 g/mol. The molecule has 32 heavy (non-hydrogen) atoms. The number of nitrogens with one attached hydrogen (secondary N) is 1. The van der Waals surface area contributed by atoms with Gasteiger partial charge < -0.3 is 4.90 Å². The van der Waals surface area contributed by atoms with Crippen LogP contribution in [0.4, 0.5) is 5.69 Å². The average Bonchev–Trinajstić information content (AvgIpc) is 3.48. The summed E-state index contributed by atoms with van der Waals surface area (Å²) in [7, 11) is -1.87. The van der Waals surface area contributed by atoms with Crippen molar-refractivity contribution in [1.29, 1.82) is 0 Å². The number of rotatable bonds is 5. The third-order valence-electron chi connectivity index (χ3n) is 5.07. The van der Waals surface area contributed by atoms with Crippen LogP contribution in [-0.4, -0.2) is 31.3 Å². The number of hydrogen-bond acceptors (Lipinski definition) is 6. The molecule has 5 rings (SSSR count). The predicted octanol–water partition coefficient (Wildman–Crippen LogP) is 5.69. The van der Waals surface area contributed by atoms with Gasteiger partial charge >= 0.3 is 0 Å². The molecular formula is C22H16BrN3O3S3. The van der Waals surface area contributed by atoms with Crippen molar-refractivity contribution in [2.75, 3.05) is 11.8 Å². The fourth-order valence-corrected chi connectivity index (χ4v) is 7.57. The van der Waals surface area contributed by atoms with Gasteiger partial charge in [0, 0.05) is 40.7 Å². The Hall–Kier alpha value is -2.53. The molecule has 0 atom stereocenters. The lowest BCUT2D eigenvalue weighted by Crippen LogP contribution is -2.17. The third-order valence-corrected chi connectivity index (χ3v) is 9.75. The number of nitrogens with zero attached hydrogens (tertiary/aromatic N) is 2. The Bertz CT molecular complexity index is 1460. The Morgan fingerprint density at radius 2 is 1.78 bits per heavy atom. The maximum atomic E-state index is 12.6. The Morgan fingerprint density at radius 1 is 1.00 bits per heavy atom. The van der Waals surface area contributed by atoms with E-state index in [-0.39, 0.29) is 10.1 Å². The number of pyridine rings is 1. The second-order valence-corrected chi connectivity index (χ2v) is 12.8. The summed E-state index contributed by atoms with van der Waals surface area (Å²) >= 11 is 6.03. The third kappa shape index (κ3) is 3.99. The van der Waals surface area contributed by atoms with Gasteiger partial charge in [0.15, 0.2) is 0 Å². The van der Waals surface area contributed by atoms with Crippen molar-refractivity contribution in [3.05, 3.63) is 75.8 Å². The second-order valence-electron chi connectivity index (χ2n) is 7.32. The average molecular weight is 546 g/mol. The lowest BCUT2D eigenvalue weighted by atomic mass is 10.1. The van der Waals surface area contributed by atoms with Gasteiger partial charge in [-0.05, 0) is 69.5 Å². The van der Waals surface area contributed by atoms with Gasteiger partial charge in [-0.1, -0.05) is 6.07 Å². The van der Waals surface area contributed by atoms with Crippen molar-refractivity contribution in [1.82, 2.24) is 9.88 Å². The smallest absolute Gasteiger partial charge is 0.271 e. The van der Waals surface area contributed by atoms with E-state index in [1.54, 1.807) is 47.7 Å². The summed E-state index contributed by atoms with van der Waals surface area (Å²) in [6, 6.07) is 15.0. The minimum Gasteiger partial charge on any atom is -0.337 e. The van der Waals surface area contributed by atoms with E-state index in [1.165, 1.54) is 6.20 Å². The van der Waals surface area contributed by atoms with Gasteiger partial charge in [-0.25, -0.2) is 8.42 Å². The predicted molar refractivity (Wildman–Crippen MR) is 132 cm³/mol. The van der Waals surface area contributed by atoms with Crippen LogP contribution in [0.25, 0.3) is 20.9 Å². The van der Waals surface area contributed by atoms with Crippen molar-refractivity contribution in [2.24, 2.45) is 0 Å². The summed E-state index contributed by atoms with van der Waals surface area (Å²) in [5.41, 5.74) is 4.07. The summed E-state index contributed by atoms with van der Waals surface area (Å²) in [4.78, 5) is 20.1. The van der Waals surface area contributed by atoms with Gasteiger partial charge in [0.1, 0.15) is 4.21 Å². The monoisotopic (exact) mass is 545 g/mol. The molecule has 0 bridgehead atoms. The minimum atomic E-state index is -3.67. The number of benzene rings is 1. The summed E-state index contributed by atoms with van der Waals surface area (Å²) < 4.78 is 28.8. The number of anilines is 1. The molecule has 1 amide bonds. The fourth-order valence-electron chi connectivity index (χ4n) is 3.55. The molecule has 3 aromatic heterocycles. The summed E-state index contributed by atoms with van der Waals surface area (Å²) in [6.45, 7) is 0.618. The molecule has 1 N–H and O–H groups in total. The normalized spacial score (nSPS) is 13.4. The van der Waals surface area contributed by atoms with E-state index in [9.17, 15) is 13.2 Å². The van der Waals surface area contributed by atoms with Crippen LogP contribution in [0, 0.1) is 0 Å². The number of aromatic nitrogens is 1. The molecule has 0 fully saturated rings. The largest absolute Gasteiger partial charge is 0.337 e. The van der Waals surface area contributed by atoms with Crippen LogP contribution in [0.3, 0.4) is 0 Å². The Kier molecular flexibility index (Phi) is 5.40. The number of sulfonamides is 1. The highest BCUT2D eigenvalue weighted by Crippen LogP contribution is 2.37. The van der Waals surface area contributed by atoms with E-state index >= 15 is 0 Å². The number of thiophene rings is 2. The number of amides is 1. The zero-order valence-corrected chi connectivity index (χ0v) is 20.7. The van der Waals surface area contributed by atoms with Crippen molar-refractivity contribution in [3.8, 4) is 20.9 Å². The highest BCUT2D eigenvalue weighted by atomic mass is 79.9. The van der Waals surface area contributed by atoms with Crippen LogP contribution < -0.4 is 4.72 Å². The lowest BCUT2D eigenvalue weighted by molar-refractivity contribution is 0.0816. The van der Waals surface area contributed by atoms with E-state index in [0.717, 1.165) is 47.1 Å². The van der Waals surface area contributed by atoms with Crippen LogP contribution in [0.1, 0.15) is 15.9 Å². The van der Waals surface area contributed by atoms with Crippen LogP contribution >= 0.6 is 38.6 Å². The Labute approximate surface area is 201 Å². The molecule has 10 heteroatoms. The van der Waals surface area contributed by atoms with Gasteiger partial charge in [-0.3, -0.25) is 14.5 Å². The van der Waals surface area contributed by atoms with Gasteiger partial charge in [0.25, 0.3) is 15.9 Å². The molecule has 4 heterocycles. The summed E-state index contributed by atoms with van der Waals surface area (Å²) in [5, 5.41) is 0. The summed E-state index contributed by atoms with van der Waals surface area (Å²) in [6.07, 6.45) is 3.21. The molecule has 1 aliphatic heterocycles. The first-order valence-electron chi connectivity index (χ1n) is 9.52. The van der Waals surface area contributed by atoms with Gasteiger partial charge in [-0.15, -0.1) is 22.7 Å². The number of halogens is 1. The van der Waals surface area contributed by atoms with Gasteiger partial charge in [0.05, 0.1) is 15.7 Å². The van der Waals surface area contributed by atoms with Crippen LogP contribution in [0.15, 0.2) is 68.9 Å². The molecule has 162 valence electrons. The van der Waals surface area contributed by atoms with Crippen molar-refractivity contribution in [3.63, 3.8) is 0 Å². The Balaban J connectivity index is 1.41. The zero-order valence-electron chi connectivity index (χ0n) is 16.7. The van der Waals surface area contributed by atoms with Gasteiger partial charge in [0.2, 0.25) is 0 Å². The molecule has 0 saturated heterocycles. The maximum absolute atomic E-state index is 12.6. The second kappa shape index (κ2) is 8.11. The number of fused-ring (bicyclic) bond motifs is 1. The molecule has 0 radical (unpaired) electrons. The quantitative estimate of drug-likeness (QED) is 0.349. The summed E-state index contributed by atoms with van der Waals surface area (Å²) in [5.74, 6) is 0.0543. The lowest BCUT2D eigenvalue weighted by Gasteiger charge is -2.07. The van der Waals surface area contributed by atoms with Crippen molar-refractivity contribution < 1.29 is 13.2 Å². The van der Waals surface area contributed by atoms with Crippen molar-refractivity contribution in [2.45, 2.75) is 10.8 Å². The fraction of sp³-hybridized carbons (Fsp3) is 0.0909. The minimum absolute atomic E-state index is 0.0543. The van der Waals surface area contributed by atoms with E-state index in [2.05, 4.69) is 31.7 Å². The van der Waals surface area contributed by atoms with E-state index < -0.39 is 10.0 Å². The first-order valence-corrected chi connectivity index (χ1v) is 13.4. The molecule has 0 saturated carbocycles. The van der Waals surface area contributed by atoms with Crippen LogP contribution in [0.5, 0.6) is 0 Å². The highest BCUT2D eigenvalue weighted by molar-refractivity contribution is 9.11. The van der Waals surface area contributed by atoms with Crippen molar-refractivity contribution >= 4 is 60.2 Å². The topological polar surface area (TPSA) is 79.4 Å².